The van der Waals surface area contributed by atoms with E-state index in [2.05, 4.69) is 5.32 Å². The molecule has 0 aliphatic carbocycles. The van der Waals surface area contributed by atoms with Crippen LogP contribution < -0.4 is 5.32 Å². The van der Waals surface area contributed by atoms with E-state index in [1.54, 1.807) is 18.2 Å². The number of amides is 1. The van der Waals surface area contributed by atoms with Crippen LogP contribution in [0.2, 0.25) is 0 Å². The van der Waals surface area contributed by atoms with Gasteiger partial charge >= 0.3 is 0 Å². The lowest BCUT2D eigenvalue weighted by Gasteiger charge is -2.24. The molecule has 3 aromatic rings. The van der Waals surface area contributed by atoms with Crippen molar-refractivity contribution in [1.82, 2.24) is 4.90 Å². The number of nitrogens with one attached hydrogen (secondary N) is 1. The Morgan fingerprint density at radius 3 is 2.33 bits per heavy atom. The zero-order valence-electron chi connectivity index (χ0n) is 15.5. The van der Waals surface area contributed by atoms with Crippen molar-refractivity contribution in [2.45, 2.75) is 19.5 Å². The molecule has 0 bridgehead atoms. The first-order valence-electron chi connectivity index (χ1n) is 8.95. The van der Waals surface area contributed by atoms with Crippen LogP contribution in [0.3, 0.4) is 0 Å². The minimum atomic E-state index is -0.409. The van der Waals surface area contributed by atoms with Gasteiger partial charge in [0.1, 0.15) is 5.82 Å². The molecule has 0 saturated carbocycles. The van der Waals surface area contributed by atoms with Gasteiger partial charge in [0.05, 0.1) is 6.04 Å². The molecule has 4 heteroatoms. The smallest absolute Gasteiger partial charge is 0.241 e. The molecule has 1 amide bonds. The average molecular weight is 362 g/mol. The number of hydrogen-bond donors (Lipinski definition) is 1. The fraction of sp³-hybridized carbons (Fsp3) is 0.174. The number of carbonyl (C=O) groups is 1. The molecule has 0 aliphatic heterocycles. The maximum Gasteiger partial charge on any atom is 0.241 e. The Hall–Kier alpha value is -2.98. The van der Waals surface area contributed by atoms with Crippen molar-refractivity contribution >= 4 is 11.6 Å². The van der Waals surface area contributed by atoms with Gasteiger partial charge in [0, 0.05) is 23.4 Å². The van der Waals surface area contributed by atoms with Crippen LogP contribution in [0.5, 0.6) is 0 Å². The Labute approximate surface area is 159 Å². The highest BCUT2D eigenvalue weighted by Crippen LogP contribution is 2.27. The van der Waals surface area contributed by atoms with Gasteiger partial charge in [-0.15, -0.1) is 0 Å². The SMILES string of the molecule is CC(C(=O)Nc1ccccc1-c1ccccc1)N(C)Cc1ccccc1F. The standard InChI is InChI=1S/C23H23FN2O/c1-17(26(2)16-19-12-6-8-14-21(19)24)23(27)25-22-15-9-7-13-20(22)18-10-4-3-5-11-18/h3-15,17H,16H2,1-2H3,(H,25,27). The molecule has 27 heavy (non-hydrogen) atoms. The normalized spacial score (nSPS) is 12.0. The van der Waals surface area contributed by atoms with Crippen molar-refractivity contribution in [3.8, 4) is 11.1 Å². The number of carbonyl (C=O) groups excluding carboxylic acids is 1. The lowest BCUT2D eigenvalue weighted by atomic mass is 10.0. The highest BCUT2D eigenvalue weighted by atomic mass is 19.1. The second-order valence-electron chi connectivity index (χ2n) is 6.58. The first-order chi connectivity index (χ1) is 13.1. The van der Waals surface area contributed by atoms with Gasteiger partial charge in [-0.2, -0.15) is 0 Å². The molecule has 0 spiro atoms. The van der Waals surface area contributed by atoms with E-state index < -0.39 is 6.04 Å². The third-order valence-electron chi connectivity index (χ3n) is 4.69. The number of hydrogen-bond acceptors (Lipinski definition) is 2. The number of benzene rings is 3. The summed E-state index contributed by atoms with van der Waals surface area (Å²) in [7, 11) is 1.82. The molecule has 3 nitrogen and oxygen atoms in total. The van der Waals surface area contributed by atoms with Crippen LogP contribution in [-0.2, 0) is 11.3 Å². The predicted octanol–water partition coefficient (Wildman–Crippen LogP) is 4.95. The molecular formula is C23H23FN2O. The van der Waals surface area contributed by atoms with E-state index in [0.29, 0.717) is 12.1 Å². The van der Waals surface area contributed by atoms with Crippen molar-refractivity contribution in [2.24, 2.45) is 0 Å². The molecule has 0 aromatic heterocycles. The topological polar surface area (TPSA) is 32.3 Å². The Kier molecular flexibility index (Phi) is 5.99. The number of para-hydroxylation sites is 1. The molecule has 138 valence electrons. The van der Waals surface area contributed by atoms with E-state index in [1.807, 2.05) is 73.5 Å². The molecule has 0 aliphatic rings. The molecule has 3 aromatic carbocycles. The van der Waals surface area contributed by atoms with Crippen LogP contribution in [0.1, 0.15) is 12.5 Å². The van der Waals surface area contributed by atoms with Crippen LogP contribution in [0.25, 0.3) is 11.1 Å². The van der Waals surface area contributed by atoms with Gasteiger partial charge in [-0.25, -0.2) is 4.39 Å². The maximum atomic E-state index is 13.9. The van der Waals surface area contributed by atoms with E-state index in [-0.39, 0.29) is 11.7 Å². The van der Waals surface area contributed by atoms with E-state index in [9.17, 15) is 9.18 Å². The minimum Gasteiger partial charge on any atom is -0.324 e. The minimum absolute atomic E-state index is 0.128. The van der Waals surface area contributed by atoms with Crippen molar-refractivity contribution < 1.29 is 9.18 Å². The second-order valence-corrected chi connectivity index (χ2v) is 6.58. The van der Waals surface area contributed by atoms with E-state index >= 15 is 0 Å². The summed E-state index contributed by atoms with van der Waals surface area (Å²) in [6.45, 7) is 2.18. The summed E-state index contributed by atoms with van der Waals surface area (Å²) in [4.78, 5) is 14.6. The average Bonchev–Trinajstić information content (AvgIpc) is 2.70. The fourth-order valence-electron chi connectivity index (χ4n) is 2.93. The number of anilines is 1. The summed E-state index contributed by atoms with van der Waals surface area (Å²) in [5.41, 5.74) is 3.35. The summed E-state index contributed by atoms with van der Waals surface area (Å²) in [5.74, 6) is -0.386. The van der Waals surface area contributed by atoms with Crippen LogP contribution >= 0.6 is 0 Å². The predicted molar refractivity (Wildman–Crippen MR) is 108 cm³/mol. The Morgan fingerprint density at radius 2 is 1.59 bits per heavy atom. The highest BCUT2D eigenvalue weighted by molar-refractivity contribution is 5.98. The van der Waals surface area contributed by atoms with Crippen LogP contribution in [-0.4, -0.2) is 23.9 Å². The van der Waals surface area contributed by atoms with Crippen molar-refractivity contribution in [3.63, 3.8) is 0 Å². The summed E-state index contributed by atoms with van der Waals surface area (Å²) in [6.07, 6.45) is 0. The lowest BCUT2D eigenvalue weighted by molar-refractivity contribution is -0.120. The monoisotopic (exact) mass is 362 g/mol. The van der Waals surface area contributed by atoms with Gasteiger partial charge in [0.15, 0.2) is 0 Å². The van der Waals surface area contributed by atoms with Crippen molar-refractivity contribution in [1.29, 1.82) is 0 Å². The third kappa shape index (κ3) is 4.60. The summed E-state index contributed by atoms with van der Waals surface area (Å²) < 4.78 is 13.9. The zero-order valence-corrected chi connectivity index (χ0v) is 15.5. The molecule has 0 radical (unpaired) electrons. The van der Waals surface area contributed by atoms with Crippen LogP contribution in [0.4, 0.5) is 10.1 Å². The van der Waals surface area contributed by atoms with Crippen LogP contribution in [0.15, 0.2) is 78.9 Å². The first kappa shape index (κ1) is 18.8. The Balaban J connectivity index is 1.73. The summed E-state index contributed by atoms with van der Waals surface area (Å²) >= 11 is 0. The number of likely N-dealkylation sites (N-methyl/N-ethyl adjacent to an activating group) is 1. The maximum absolute atomic E-state index is 13.9. The quantitative estimate of drug-likeness (QED) is 0.673. The number of rotatable bonds is 6. The number of halogens is 1. The molecule has 0 heterocycles. The largest absolute Gasteiger partial charge is 0.324 e. The lowest BCUT2D eigenvalue weighted by Crippen LogP contribution is -2.39. The highest BCUT2D eigenvalue weighted by Gasteiger charge is 2.20. The first-order valence-corrected chi connectivity index (χ1v) is 8.95. The molecule has 3 rings (SSSR count). The van der Waals surface area contributed by atoms with Gasteiger partial charge in [0.2, 0.25) is 5.91 Å². The molecule has 1 N–H and O–H groups in total. The molecule has 0 saturated heterocycles. The Bertz CT molecular complexity index is 911. The second kappa shape index (κ2) is 8.60. The van der Waals surface area contributed by atoms with Gasteiger partial charge < -0.3 is 5.32 Å². The molecule has 1 atom stereocenters. The molecule has 0 fully saturated rings. The summed E-state index contributed by atoms with van der Waals surface area (Å²) in [6, 6.07) is 23.9. The van der Waals surface area contributed by atoms with E-state index in [1.165, 1.54) is 6.07 Å². The van der Waals surface area contributed by atoms with E-state index in [4.69, 9.17) is 0 Å². The molecule has 1 unspecified atom stereocenters. The summed E-state index contributed by atoms with van der Waals surface area (Å²) in [5, 5.41) is 3.02. The van der Waals surface area contributed by atoms with Crippen molar-refractivity contribution in [2.75, 3.05) is 12.4 Å². The van der Waals surface area contributed by atoms with Crippen LogP contribution in [0, 0.1) is 5.82 Å². The number of nitrogens with zero attached hydrogens (tertiary/aromatic N) is 1. The third-order valence-corrected chi connectivity index (χ3v) is 4.69. The van der Waals surface area contributed by atoms with Crippen molar-refractivity contribution in [3.05, 3.63) is 90.2 Å². The van der Waals surface area contributed by atoms with Gasteiger partial charge in [-0.1, -0.05) is 66.7 Å². The molecular weight excluding hydrogens is 339 g/mol. The fourth-order valence-corrected chi connectivity index (χ4v) is 2.93. The van der Waals surface area contributed by atoms with Gasteiger partial charge in [-0.3, -0.25) is 9.69 Å². The Morgan fingerprint density at radius 1 is 0.963 bits per heavy atom. The zero-order chi connectivity index (χ0) is 19.2. The van der Waals surface area contributed by atoms with Gasteiger partial charge in [0.25, 0.3) is 0 Å². The van der Waals surface area contributed by atoms with E-state index in [0.717, 1.165) is 16.8 Å². The van der Waals surface area contributed by atoms with Gasteiger partial charge in [-0.05, 0) is 31.7 Å².